The lowest BCUT2D eigenvalue weighted by molar-refractivity contribution is -0.142. The van der Waals surface area contributed by atoms with Gasteiger partial charge in [0, 0.05) is 12.4 Å². The summed E-state index contributed by atoms with van der Waals surface area (Å²) in [7, 11) is 0. The zero-order valence-electron chi connectivity index (χ0n) is 10.9. The maximum absolute atomic E-state index is 11.4. The van der Waals surface area contributed by atoms with E-state index in [4.69, 9.17) is 0 Å². The molecule has 0 saturated carbocycles. The lowest BCUT2D eigenvalue weighted by Crippen LogP contribution is -2.43. The minimum absolute atomic E-state index is 0.492. The van der Waals surface area contributed by atoms with Crippen LogP contribution in [-0.4, -0.2) is 31.6 Å². The highest BCUT2D eigenvalue weighted by molar-refractivity contribution is 5.82. The Labute approximate surface area is 110 Å². The summed E-state index contributed by atoms with van der Waals surface area (Å²) in [4.78, 5) is 23.9. The van der Waals surface area contributed by atoms with E-state index in [1.807, 2.05) is 6.92 Å². The van der Waals surface area contributed by atoms with Crippen molar-refractivity contribution in [2.45, 2.75) is 32.2 Å². The summed E-state index contributed by atoms with van der Waals surface area (Å²) < 4.78 is 0. The summed E-state index contributed by atoms with van der Waals surface area (Å²) in [6.07, 6.45) is 4.43. The summed E-state index contributed by atoms with van der Waals surface area (Å²) in [5.41, 5.74) is 0.148. The molecule has 0 fully saturated rings. The van der Waals surface area contributed by atoms with Crippen molar-refractivity contribution in [3.63, 3.8) is 0 Å². The van der Waals surface area contributed by atoms with Gasteiger partial charge >= 0.3 is 5.97 Å². The maximum atomic E-state index is 11.4. The highest BCUT2D eigenvalue weighted by Crippen LogP contribution is 2.20. The summed E-state index contributed by atoms with van der Waals surface area (Å²) in [6.45, 7) is 3.60. The fourth-order valence-corrected chi connectivity index (χ4v) is 1.93. The van der Waals surface area contributed by atoms with Gasteiger partial charge in [0.2, 0.25) is 0 Å². The quantitative estimate of drug-likeness (QED) is 0.855. The van der Waals surface area contributed by atoms with E-state index in [0.29, 0.717) is 23.4 Å². The largest absolute Gasteiger partial charge is 0.480 e. The van der Waals surface area contributed by atoms with Crippen molar-refractivity contribution in [3.8, 4) is 0 Å². The standard InChI is InChI=1S/C13H16N4O2/c1-3-6-13(2,12(18)19)17-10-5-4-9-11(16-10)15-8-7-14-9/h4-5,7-8H,3,6H2,1-2H3,(H,18,19)(H,15,16,17). The molecule has 6 nitrogen and oxygen atoms in total. The Morgan fingerprint density at radius 2 is 2.11 bits per heavy atom. The molecule has 2 N–H and O–H groups in total. The van der Waals surface area contributed by atoms with Gasteiger partial charge in [0.1, 0.15) is 16.9 Å². The topological polar surface area (TPSA) is 88.0 Å². The second-order valence-corrected chi connectivity index (χ2v) is 4.61. The molecule has 2 heterocycles. The van der Waals surface area contributed by atoms with Gasteiger partial charge in [0.25, 0.3) is 0 Å². The number of hydrogen-bond donors (Lipinski definition) is 2. The number of pyridine rings is 1. The third-order valence-corrected chi connectivity index (χ3v) is 2.96. The van der Waals surface area contributed by atoms with Crippen molar-refractivity contribution in [2.24, 2.45) is 0 Å². The predicted molar refractivity (Wildman–Crippen MR) is 71.9 cm³/mol. The van der Waals surface area contributed by atoms with Crippen molar-refractivity contribution in [1.29, 1.82) is 0 Å². The number of rotatable bonds is 5. The molecule has 0 aromatic carbocycles. The summed E-state index contributed by atoms with van der Waals surface area (Å²) >= 11 is 0. The Balaban J connectivity index is 2.31. The van der Waals surface area contributed by atoms with Gasteiger partial charge in [-0.05, 0) is 25.5 Å². The van der Waals surface area contributed by atoms with E-state index >= 15 is 0 Å². The molecule has 1 atom stereocenters. The fraction of sp³-hybridized carbons (Fsp3) is 0.385. The van der Waals surface area contributed by atoms with Crippen LogP contribution < -0.4 is 5.32 Å². The summed E-state index contributed by atoms with van der Waals surface area (Å²) in [5.74, 6) is -0.401. The molecule has 2 aromatic heterocycles. The van der Waals surface area contributed by atoms with E-state index in [9.17, 15) is 9.90 Å². The van der Waals surface area contributed by atoms with Crippen molar-refractivity contribution in [2.75, 3.05) is 5.32 Å². The number of aliphatic carboxylic acids is 1. The number of carboxylic acid groups (broad SMARTS) is 1. The Morgan fingerprint density at radius 1 is 1.37 bits per heavy atom. The second kappa shape index (κ2) is 5.17. The van der Waals surface area contributed by atoms with Gasteiger partial charge in [-0.2, -0.15) is 0 Å². The summed E-state index contributed by atoms with van der Waals surface area (Å²) in [6, 6.07) is 3.49. The molecule has 0 amide bonds. The van der Waals surface area contributed by atoms with Crippen LogP contribution in [0.25, 0.3) is 11.2 Å². The van der Waals surface area contributed by atoms with Crippen LogP contribution in [0.4, 0.5) is 5.82 Å². The van der Waals surface area contributed by atoms with Gasteiger partial charge in [-0.1, -0.05) is 13.3 Å². The lowest BCUT2D eigenvalue weighted by atomic mass is 9.96. The number of fused-ring (bicyclic) bond motifs is 1. The predicted octanol–water partition coefficient (Wildman–Crippen LogP) is 2.08. The molecule has 0 aliphatic carbocycles. The molecule has 2 aromatic rings. The van der Waals surface area contributed by atoms with Crippen molar-refractivity contribution in [1.82, 2.24) is 15.0 Å². The fourth-order valence-electron chi connectivity index (χ4n) is 1.93. The normalized spacial score (nSPS) is 14.0. The van der Waals surface area contributed by atoms with Crippen LogP contribution in [0.5, 0.6) is 0 Å². The molecule has 0 bridgehead atoms. The van der Waals surface area contributed by atoms with Crippen LogP contribution in [0.3, 0.4) is 0 Å². The molecule has 2 rings (SSSR count). The van der Waals surface area contributed by atoms with Crippen molar-refractivity contribution < 1.29 is 9.90 Å². The van der Waals surface area contributed by atoms with E-state index in [0.717, 1.165) is 6.42 Å². The van der Waals surface area contributed by atoms with E-state index in [1.165, 1.54) is 0 Å². The first kappa shape index (κ1) is 13.2. The number of hydrogen-bond acceptors (Lipinski definition) is 5. The van der Waals surface area contributed by atoms with Crippen LogP contribution >= 0.6 is 0 Å². The number of nitrogens with one attached hydrogen (secondary N) is 1. The minimum atomic E-state index is -1.03. The lowest BCUT2D eigenvalue weighted by Gasteiger charge is -2.26. The molecular weight excluding hydrogens is 244 g/mol. The second-order valence-electron chi connectivity index (χ2n) is 4.61. The van der Waals surface area contributed by atoms with Gasteiger partial charge in [0.05, 0.1) is 0 Å². The minimum Gasteiger partial charge on any atom is -0.480 e. The number of carbonyl (C=O) groups is 1. The first-order chi connectivity index (χ1) is 9.05. The van der Waals surface area contributed by atoms with Crippen molar-refractivity contribution in [3.05, 3.63) is 24.5 Å². The first-order valence-electron chi connectivity index (χ1n) is 6.14. The third-order valence-electron chi connectivity index (χ3n) is 2.96. The highest BCUT2D eigenvalue weighted by Gasteiger charge is 2.32. The molecule has 0 spiro atoms. The van der Waals surface area contributed by atoms with E-state index in [1.54, 1.807) is 31.5 Å². The number of aromatic nitrogens is 3. The van der Waals surface area contributed by atoms with Crippen LogP contribution in [0.15, 0.2) is 24.5 Å². The Morgan fingerprint density at radius 3 is 2.79 bits per heavy atom. The molecule has 6 heteroatoms. The van der Waals surface area contributed by atoms with Gasteiger partial charge in [-0.15, -0.1) is 0 Å². The van der Waals surface area contributed by atoms with Crippen molar-refractivity contribution >= 4 is 23.0 Å². The number of anilines is 1. The van der Waals surface area contributed by atoms with E-state index in [2.05, 4.69) is 20.3 Å². The highest BCUT2D eigenvalue weighted by atomic mass is 16.4. The summed E-state index contributed by atoms with van der Waals surface area (Å²) in [5, 5.41) is 12.3. The SMILES string of the molecule is CCCC(C)(Nc1ccc2nccnc2n1)C(=O)O. The molecule has 0 radical (unpaired) electrons. The average molecular weight is 260 g/mol. The molecule has 100 valence electrons. The Kier molecular flexibility index (Phi) is 3.59. The van der Waals surface area contributed by atoms with Crippen LogP contribution in [0.2, 0.25) is 0 Å². The number of nitrogens with zero attached hydrogens (tertiary/aromatic N) is 3. The van der Waals surface area contributed by atoms with Crippen LogP contribution in [-0.2, 0) is 4.79 Å². The molecule has 1 unspecified atom stereocenters. The van der Waals surface area contributed by atoms with Crippen LogP contribution in [0, 0.1) is 0 Å². The van der Waals surface area contributed by atoms with Gasteiger partial charge in [0.15, 0.2) is 5.65 Å². The van der Waals surface area contributed by atoms with Gasteiger partial charge < -0.3 is 10.4 Å². The maximum Gasteiger partial charge on any atom is 0.329 e. The molecule has 0 aliphatic heterocycles. The van der Waals surface area contributed by atoms with Gasteiger partial charge in [-0.25, -0.2) is 14.8 Å². The van der Waals surface area contributed by atoms with E-state index in [-0.39, 0.29) is 0 Å². The molecule has 19 heavy (non-hydrogen) atoms. The number of carboxylic acids is 1. The van der Waals surface area contributed by atoms with E-state index < -0.39 is 11.5 Å². The zero-order chi connectivity index (χ0) is 13.9. The molecule has 0 aliphatic rings. The first-order valence-corrected chi connectivity index (χ1v) is 6.14. The average Bonchev–Trinajstić information content (AvgIpc) is 2.38. The third kappa shape index (κ3) is 2.78. The monoisotopic (exact) mass is 260 g/mol. The molecule has 0 saturated heterocycles. The Hall–Kier alpha value is -2.24. The van der Waals surface area contributed by atoms with Gasteiger partial charge in [-0.3, -0.25) is 4.98 Å². The molecular formula is C13H16N4O2. The smallest absolute Gasteiger partial charge is 0.329 e. The van der Waals surface area contributed by atoms with Crippen LogP contribution in [0.1, 0.15) is 26.7 Å². The Bertz CT molecular complexity index is 602. The zero-order valence-corrected chi connectivity index (χ0v) is 10.9.